The largest absolute Gasteiger partial charge is 0.409 e. The maximum absolute atomic E-state index is 11.7. The molecule has 0 aromatic heterocycles. The molecule has 0 saturated carbocycles. The van der Waals surface area contributed by atoms with Gasteiger partial charge in [-0.25, -0.2) is 0 Å². The van der Waals surface area contributed by atoms with E-state index in [0.717, 1.165) is 18.4 Å². The molecule has 1 aromatic rings. The minimum Gasteiger partial charge on any atom is -0.409 e. The van der Waals surface area contributed by atoms with Crippen molar-refractivity contribution in [2.45, 2.75) is 25.7 Å². The maximum Gasteiger partial charge on any atom is 0.224 e. The summed E-state index contributed by atoms with van der Waals surface area (Å²) in [6.45, 7) is 0.571. The Morgan fingerprint density at radius 3 is 2.79 bits per heavy atom. The van der Waals surface area contributed by atoms with Gasteiger partial charge in [-0.15, -0.1) is 0 Å². The number of nitrogens with zero attached hydrogens (tertiary/aromatic N) is 1. The quantitative estimate of drug-likeness (QED) is 0.235. The Bertz CT molecular complexity index is 449. The average molecular weight is 284 g/mol. The molecule has 0 unspecified atom stereocenters. The number of nitrogens with two attached hydrogens (primary N) is 1. The molecular formula is C13H18ClN3O2. The summed E-state index contributed by atoms with van der Waals surface area (Å²) in [4.78, 5) is 11.7. The molecule has 0 heterocycles. The van der Waals surface area contributed by atoms with E-state index in [1.165, 1.54) is 0 Å². The van der Waals surface area contributed by atoms with Crippen LogP contribution in [0.25, 0.3) is 0 Å². The predicted molar refractivity (Wildman–Crippen MR) is 75.4 cm³/mol. The second kappa shape index (κ2) is 8.37. The third-order valence-electron chi connectivity index (χ3n) is 2.62. The molecule has 0 saturated heterocycles. The predicted octanol–water partition coefficient (Wildman–Crippen LogP) is 1.92. The first-order valence-electron chi connectivity index (χ1n) is 6.10. The number of unbranched alkanes of at least 4 members (excludes halogenated alkanes) is 1. The Labute approximate surface area is 117 Å². The Morgan fingerprint density at radius 2 is 2.11 bits per heavy atom. The molecule has 5 nitrogen and oxygen atoms in total. The summed E-state index contributed by atoms with van der Waals surface area (Å²) in [6, 6.07) is 7.28. The van der Waals surface area contributed by atoms with E-state index in [1.807, 2.05) is 18.2 Å². The van der Waals surface area contributed by atoms with Crippen LogP contribution in [0.1, 0.15) is 24.8 Å². The highest BCUT2D eigenvalue weighted by atomic mass is 35.5. The molecule has 0 fully saturated rings. The fourth-order valence-corrected chi connectivity index (χ4v) is 1.79. The Kier molecular flexibility index (Phi) is 6.74. The second-order valence-corrected chi connectivity index (χ2v) is 4.57. The van der Waals surface area contributed by atoms with Crippen LogP contribution in [-0.2, 0) is 11.2 Å². The summed E-state index contributed by atoms with van der Waals surface area (Å²) >= 11 is 5.97. The van der Waals surface area contributed by atoms with Crippen LogP contribution in [0, 0.1) is 0 Å². The van der Waals surface area contributed by atoms with Gasteiger partial charge in [-0.3, -0.25) is 4.79 Å². The summed E-state index contributed by atoms with van der Waals surface area (Å²) in [5, 5.41) is 14.6. The Balaban J connectivity index is 2.20. The van der Waals surface area contributed by atoms with E-state index in [1.54, 1.807) is 6.07 Å². The first kappa shape index (κ1) is 15.3. The lowest BCUT2D eigenvalue weighted by molar-refractivity contribution is -0.120. The summed E-state index contributed by atoms with van der Waals surface area (Å²) in [7, 11) is 0. The number of hydrogen-bond donors (Lipinski definition) is 3. The summed E-state index contributed by atoms with van der Waals surface area (Å²) in [5.74, 6) is 0.152. The van der Waals surface area contributed by atoms with Crippen molar-refractivity contribution in [3.63, 3.8) is 0 Å². The lowest BCUT2D eigenvalue weighted by Crippen LogP contribution is -2.26. The highest BCUT2D eigenvalue weighted by Gasteiger charge is 2.05. The molecule has 6 heteroatoms. The molecule has 0 spiro atoms. The number of oxime groups is 1. The van der Waals surface area contributed by atoms with Gasteiger partial charge < -0.3 is 16.3 Å². The third-order valence-corrected chi connectivity index (χ3v) is 2.99. The fourth-order valence-electron chi connectivity index (χ4n) is 1.59. The van der Waals surface area contributed by atoms with Gasteiger partial charge in [0.05, 0.1) is 6.42 Å². The molecule has 0 radical (unpaired) electrons. The lowest BCUT2D eigenvalue weighted by atomic mass is 10.1. The van der Waals surface area contributed by atoms with Crippen LogP contribution in [-0.4, -0.2) is 23.5 Å². The van der Waals surface area contributed by atoms with Gasteiger partial charge in [0.1, 0.15) is 5.84 Å². The molecular weight excluding hydrogens is 266 g/mol. The standard InChI is InChI=1S/C13H18ClN3O2/c14-11-6-2-1-5-10(11)9-13(18)16-8-4-3-7-12(15)17-19/h1-2,5-6,19H,3-4,7-9H2,(H2,15,17)(H,16,18). The third kappa shape index (κ3) is 6.10. The van der Waals surface area contributed by atoms with Crippen molar-refractivity contribution in [1.82, 2.24) is 5.32 Å². The van der Waals surface area contributed by atoms with E-state index >= 15 is 0 Å². The number of hydrogen-bond acceptors (Lipinski definition) is 3. The molecule has 1 amide bonds. The topological polar surface area (TPSA) is 87.7 Å². The van der Waals surface area contributed by atoms with Crippen molar-refractivity contribution in [3.8, 4) is 0 Å². The molecule has 0 atom stereocenters. The van der Waals surface area contributed by atoms with Crippen molar-refractivity contribution >= 4 is 23.3 Å². The highest BCUT2D eigenvalue weighted by molar-refractivity contribution is 6.31. The minimum atomic E-state index is -0.0584. The zero-order valence-electron chi connectivity index (χ0n) is 10.6. The van der Waals surface area contributed by atoms with Crippen LogP contribution in [0.5, 0.6) is 0 Å². The molecule has 0 aliphatic heterocycles. The van der Waals surface area contributed by atoms with Crippen LogP contribution in [0.4, 0.5) is 0 Å². The Hall–Kier alpha value is -1.75. The monoisotopic (exact) mass is 283 g/mol. The SMILES string of the molecule is NC(CCCCNC(=O)Cc1ccccc1Cl)=NO. The van der Waals surface area contributed by atoms with E-state index < -0.39 is 0 Å². The fraction of sp³-hybridized carbons (Fsp3) is 0.385. The van der Waals surface area contributed by atoms with Crippen LogP contribution in [0.15, 0.2) is 29.4 Å². The number of nitrogens with one attached hydrogen (secondary N) is 1. The van der Waals surface area contributed by atoms with Crippen molar-refractivity contribution in [2.75, 3.05) is 6.54 Å². The maximum atomic E-state index is 11.7. The molecule has 4 N–H and O–H groups in total. The van der Waals surface area contributed by atoms with Crippen LogP contribution < -0.4 is 11.1 Å². The number of amidine groups is 1. The van der Waals surface area contributed by atoms with Gasteiger partial charge in [0.15, 0.2) is 0 Å². The van der Waals surface area contributed by atoms with Gasteiger partial charge in [0.25, 0.3) is 0 Å². The zero-order valence-corrected chi connectivity index (χ0v) is 11.4. The van der Waals surface area contributed by atoms with Crippen LogP contribution >= 0.6 is 11.6 Å². The second-order valence-electron chi connectivity index (χ2n) is 4.17. The number of benzene rings is 1. The molecule has 0 aliphatic rings. The molecule has 1 aromatic carbocycles. The molecule has 104 valence electrons. The average Bonchev–Trinajstić information content (AvgIpc) is 2.40. The molecule has 1 rings (SSSR count). The first-order valence-corrected chi connectivity index (χ1v) is 6.47. The zero-order chi connectivity index (χ0) is 14.1. The highest BCUT2D eigenvalue weighted by Crippen LogP contribution is 2.15. The smallest absolute Gasteiger partial charge is 0.224 e. The normalized spacial score (nSPS) is 11.3. The molecule has 0 bridgehead atoms. The van der Waals surface area contributed by atoms with E-state index in [0.29, 0.717) is 18.0 Å². The molecule has 0 aliphatic carbocycles. The molecule has 19 heavy (non-hydrogen) atoms. The van der Waals surface area contributed by atoms with Crippen molar-refractivity contribution in [1.29, 1.82) is 0 Å². The van der Waals surface area contributed by atoms with Gasteiger partial charge in [0, 0.05) is 18.0 Å². The van der Waals surface area contributed by atoms with Gasteiger partial charge in [-0.05, 0) is 24.5 Å². The van der Waals surface area contributed by atoms with Crippen molar-refractivity contribution in [3.05, 3.63) is 34.9 Å². The van der Waals surface area contributed by atoms with Gasteiger partial charge in [-0.1, -0.05) is 35.0 Å². The van der Waals surface area contributed by atoms with Crippen LogP contribution in [0.3, 0.4) is 0 Å². The lowest BCUT2D eigenvalue weighted by Gasteiger charge is -2.06. The summed E-state index contributed by atoms with van der Waals surface area (Å²) < 4.78 is 0. The van der Waals surface area contributed by atoms with Gasteiger partial charge in [0.2, 0.25) is 5.91 Å². The van der Waals surface area contributed by atoms with E-state index in [-0.39, 0.29) is 18.2 Å². The summed E-state index contributed by atoms with van der Waals surface area (Å²) in [6.07, 6.45) is 2.35. The van der Waals surface area contributed by atoms with Gasteiger partial charge >= 0.3 is 0 Å². The van der Waals surface area contributed by atoms with Crippen LogP contribution in [0.2, 0.25) is 5.02 Å². The van der Waals surface area contributed by atoms with E-state index in [2.05, 4.69) is 10.5 Å². The number of carbonyl (C=O) groups excluding carboxylic acids is 1. The summed E-state index contributed by atoms with van der Waals surface area (Å²) in [5.41, 5.74) is 6.15. The first-order chi connectivity index (χ1) is 9.13. The van der Waals surface area contributed by atoms with Crippen molar-refractivity contribution < 1.29 is 10.0 Å². The van der Waals surface area contributed by atoms with E-state index in [4.69, 9.17) is 22.5 Å². The number of rotatable bonds is 7. The number of carbonyl (C=O) groups is 1. The number of halogens is 1. The minimum absolute atomic E-state index is 0.0584. The number of amides is 1. The van der Waals surface area contributed by atoms with E-state index in [9.17, 15) is 4.79 Å². The van der Waals surface area contributed by atoms with Gasteiger partial charge in [-0.2, -0.15) is 0 Å². The van der Waals surface area contributed by atoms with Crippen molar-refractivity contribution in [2.24, 2.45) is 10.9 Å². The Morgan fingerprint density at radius 1 is 1.37 bits per heavy atom.